The van der Waals surface area contributed by atoms with Crippen molar-refractivity contribution in [2.24, 2.45) is 5.41 Å². The average Bonchev–Trinajstić information content (AvgIpc) is 3.09. The van der Waals surface area contributed by atoms with Crippen LogP contribution in [0.4, 0.5) is 0 Å². The van der Waals surface area contributed by atoms with Gasteiger partial charge in [-0.05, 0) is 31.9 Å². The van der Waals surface area contributed by atoms with Gasteiger partial charge in [0, 0.05) is 11.5 Å². The molecule has 1 aromatic rings. The van der Waals surface area contributed by atoms with Gasteiger partial charge in [0.05, 0.1) is 5.57 Å². The quantitative estimate of drug-likeness (QED) is 0.890. The molecule has 0 radical (unpaired) electrons. The second-order valence-corrected chi connectivity index (χ2v) is 8.20. The first kappa shape index (κ1) is 17.8. The first-order valence-electron chi connectivity index (χ1n) is 9.08. The molecule has 1 unspecified atom stereocenters. The maximum absolute atomic E-state index is 13.0. The normalized spacial score (nSPS) is 22.8. The summed E-state index contributed by atoms with van der Waals surface area (Å²) in [4.78, 5) is 27.6. The van der Waals surface area contributed by atoms with E-state index in [4.69, 9.17) is 4.42 Å². The van der Waals surface area contributed by atoms with E-state index in [-0.39, 0.29) is 17.4 Å². The fourth-order valence-corrected chi connectivity index (χ4v) is 3.87. The van der Waals surface area contributed by atoms with Crippen molar-refractivity contribution in [1.29, 1.82) is 0 Å². The van der Waals surface area contributed by atoms with Crippen LogP contribution in [0.5, 0.6) is 0 Å². The lowest BCUT2D eigenvalue weighted by atomic mass is 9.83. The van der Waals surface area contributed by atoms with Gasteiger partial charge >= 0.3 is 0 Å². The minimum atomic E-state index is -0.688. The molecule has 0 aromatic carbocycles. The van der Waals surface area contributed by atoms with E-state index in [9.17, 15) is 14.7 Å². The Hall–Kier alpha value is -2.04. The number of Topliss-reactive ketones (excluding diaryl/α,β-unsaturated/α-hetero) is 1. The fourth-order valence-electron chi connectivity index (χ4n) is 3.87. The molecule has 5 heteroatoms. The standard InChI is InChI=1S/C20H27NO4/c1-12-10-11-14(25-12)16-15(18(23)20(2,3)4)17(22)19(24)21(16)13-8-6-5-7-9-13/h10-11,13,16,22H,5-9H2,1-4H3. The SMILES string of the molecule is Cc1ccc(C2C(C(=O)C(C)(C)C)=C(O)C(=O)N2C2CCCCC2)o1. The van der Waals surface area contributed by atoms with Gasteiger partial charge in [0.1, 0.15) is 17.6 Å². The summed E-state index contributed by atoms with van der Waals surface area (Å²) in [5, 5.41) is 10.6. The van der Waals surface area contributed by atoms with Crippen molar-refractivity contribution in [2.45, 2.75) is 71.9 Å². The summed E-state index contributed by atoms with van der Waals surface area (Å²) in [6, 6.07) is 3.03. The molecule has 3 rings (SSSR count). The van der Waals surface area contributed by atoms with Crippen molar-refractivity contribution in [2.75, 3.05) is 0 Å². The second-order valence-electron chi connectivity index (χ2n) is 8.20. The zero-order valence-electron chi connectivity index (χ0n) is 15.5. The molecular weight excluding hydrogens is 318 g/mol. The zero-order valence-corrected chi connectivity index (χ0v) is 15.5. The summed E-state index contributed by atoms with van der Waals surface area (Å²) in [6.45, 7) is 7.23. The van der Waals surface area contributed by atoms with Crippen LogP contribution in [0.15, 0.2) is 27.9 Å². The first-order chi connectivity index (χ1) is 11.7. The van der Waals surface area contributed by atoms with Crippen LogP contribution < -0.4 is 0 Å². The Morgan fingerprint density at radius 2 is 1.84 bits per heavy atom. The van der Waals surface area contributed by atoms with Crippen molar-refractivity contribution < 1.29 is 19.1 Å². The fraction of sp³-hybridized carbons (Fsp3) is 0.600. The largest absolute Gasteiger partial charge is 0.503 e. The molecule has 2 heterocycles. The molecule has 0 saturated heterocycles. The van der Waals surface area contributed by atoms with Gasteiger partial charge in [0.15, 0.2) is 11.5 Å². The number of amides is 1. The number of carbonyl (C=O) groups excluding carboxylic acids is 2. The van der Waals surface area contributed by atoms with Crippen molar-refractivity contribution in [1.82, 2.24) is 4.90 Å². The van der Waals surface area contributed by atoms with Crippen molar-refractivity contribution in [3.63, 3.8) is 0 Å². The molecule has 1 amide bonds. The number of nitrogens with zero attached hydrogens (tertiary/aromatic N) is 1. The van der Waals surface area contributed by atoms with Crippen molar-refractivity contribution in [3.05, 3.63) is 35.0 Å². The molecule has 1 aromatic heterocycles. The summed E-state index contributed by atoms with van der Waals surface area (Å²) in [7, 11) is 0. The number of furan rings is 1. The number of ketones is 1. The maximum atomic E-state index is 13.0. The van der Waals surface area contributed by atoms with Crippen molar-refractivity contribution in [3.8, 4) is 0 Å². The topological polar surface area (TPSA) is 70.8 Å². The Morgan fingerprint density at radius 3 is 2.36 bits per heavy atom. The molecule has 2 aliphatic rings. The molecular formula is C20H27NO4. The highest BCUT2D eigenvalue weighted by Gasteiger charge is 2.49. The lowest BCUT2D eigenvalue weighted by molar-refractivity contribution is -0.132. The van der Waals surface area contributed by atoms with Crippen molar-refractivity contribution >= 4 is 11.7 Å². The summed E-state index contributed by atoms with van der Waals surface area (Å²) in [6.07, 6.45) is 5.07. The third kappa shape index (κ3) is 3.12. The van der Waals surface area contributed by atoms with E-state index < -0.39 is 23.1 Å². The Labute approximate surface area is 148 Å². The zero-order chi connectivity index (χ0) is 18.4. The lowest BCUT2D eigenvalue weighted by Crippen LogP contribution is -2.41. The number of aliphatic hydroxyl groups excluding tert-OH is 1. The molecule has 1 aliphatic heterocycles. The summed E-state index contributed by atoms with van der Waals surface area (Å²) in [5.74, 6) is 0.201. The number of aryl methyl sites for hydroxylation is 1. The van der Waals surface area contributed by atoms with Crippen LogP contribution in [0.1, 0.15) is 70.4 Å². The van der Waals surface area contributed by atoms with Gasteiger partial charge in [-0.1, -0.05) is 40.0 Å². The van der Waals surface area contributed by atoms with Crippen LogP contribution in [0, 0.1) is 12.3 Å². The molecule has 1 N–H and O–H groups in total. The smallest absolute Gasteiger partial charge is 0.290 e. The van der Waals surface area contributed by atoms with Crippen LogP contribution in [0.3, 0.4) is 0 Å². The van der Waals surface area contributed by atoms with Gasteiger partial charge in [-0.2, -0.15) is 0 Å². The molecule has 1 saturated carbocycles. The van der Waals surface area contributed by atoms with E-state index in [1.54, 1.807) is 31.7 Å². The minimum Gasteiger partial charge on any atom is -0.503 e. The molecule has 5 nitrogen and oxygen atoms in total. The summed E-state index contributed by atoms with van der Waals surface area (Å²) >= 11 is 0. The number of aliphatic hydroxyl groups is 1. The summed E-state index contributed by atoms with van der Waals surface area (Å²) in [5.41, 5.74) is -0.510. The Balaban J connectivity index is 2.08. The lowest BCUT2D eigenvalue weighted by Gasteiger charge is -2.36. The Morgan fingerprint density at radius 1 is 1.20 bits per heavy atom. The highest BCUT2D eigenvalue weighted by molar-refractivity contribution is 6.10. The van der Waals surface area contributed by atoms with Gasteiger partial charge < -0.3 is 14.4 Å². The van der Waals surface area contributed by atoms with Crippen LogP contribution in [-0.2, 0) is 9.59 Å². The molecule has 1 atom stereocenters. The van der Waals surface area contributed by atoms with Crippen LogP contribution in [-0.4, -0.2) is 27.7 Å². The third-order valence-electron chi connectivity index (χ3n) is 5.17. The Bertz CT molecular complexity index is 716. The van der Waals surface area contributed by atoms with Gasteiger partial charge in [-0.25, -0.2) is 0 Å². The second kappa shape index (κ2) is 6.36. The van der Waals surface area contributed by atoms with E-state index in [0.29, 0.717) is 5.76 Å². The van der Waals surface area contributed by atoms with E-state index in [2.05, 4.69) is 0 Å². The van der Waals surface area contributed by atoms with Crippen LogP contribution in [0.25, 0.3) is 0 Å². The van der Waals surface area contributed by atoms with Crippen LogP contribution >= 0.6 is 0 Å². The van der Waals surface area contributed by atoms with E-state index in [1.165, 1.54) is 0 Å². The molecule has 136 valence electrons. The van der Waals surface area contributed by atoms with Gasteiger partial charge in [0.25, 0.3) is 5.91 Å². The first-order valence-corrected chi connectivity index (χ1v) is 9.08. The highest BCUT2D eigenvalue weighted by Crippen LogP contribution is 2.44. The predicted molar refractivity (Wildman–Crippen MR) is 94.0 cm³/mol. The summed E-state index contributed by atoms with van der Waals surface area (Å²) < 4.78 is 5.79. The monoisotopic (exact) mass is 345 g/mol. The molecule has 0 bridgehead atoms. The van der Waals surface area contributed by atoms with E-state index in [0.717, 1.165) is 37.9 Å². The third-order valence-corrected chi connectivity index (χ3v) is 5.17. The highest BCUT2D eigenvalue weighted by atomic mass is 16.3. The Kier molecular flexibility index (Phi) is 4.52. The number of hydrogen-bond donors (Lipinski definition) is 1. The van der Waals surface area contributed by atoms with Gasteiger partial charge in [-0.3, -0.25) is 9.59 Å². The predicted octanol–water partition coefficient (Wildman–Crippen LogP) is 4.23. The number of carbonyl (C=O) groups is 2. The van der Waals surface area contributed by atoms with E-state index >= 15 is 0 Å². The number of hydrogen-bond acceptors (Lipinski definition) is 4. The van der Waals surface area contributed by atoms with E-state index in [1.807, 2.05) is 13.0 Å². The maximum Gasteiger partial charge on any atom is 0.290 e. The molecule has 0 spiro atoms. The average molecular weight is 345 g/mol. The molecule has 1 fully saturated rings. The molecule has 1 aliphatic carbocycles. The number of rotatable bonds is 3. The molecule has 25 heavy (non-hydrogen) atoms. The van der Waals surface area contributed by atoms with Crippen LogP contribution in [0.2, 0.25) is 0 Å². The van der Waals surface area contributed by atoms with Gasteiger partial charge in [-0.15, -0.1) is 0 Å². The minimum absolute atomic E-state index is 0.0316. The van der Waals surface area contributed by atoms with Gasteiger partial charge in [0.2, 0.25) is 0 Å².